The highest BCUT2D eigenvalue weighted by molar-refractivity contribution is 5.29. The van der Waals surface area contributed by atoms with Crippen LogP contribution >= 0.6 is 0 Å². The van der Waals surface area contributed by atoms with Crippen LogP contribution in [0.15, 0.2) is 36.4 Å². The lowest BCUT2D eigenvalue weighted by atomic mass is 10.00. The van der Waals surface area contributed by atoms with Gasteiger partial charge < -0.3 is 15.2 Å². The summed E-state index contributed by atoms with van der Waals surface area (Å²) in [7, 11) is 0. The SMILES string of the molecule is C=C(C)COc1ccc(C(O)C(CC)NCCC)cc1. The first kappa shape index (κ1) is 16.7. The van der Waals surface area contributed by atoms with Crippen LogP contribution in [0.5, 0.6) is 5.75 Å². The summed E-state index contributed by atoms with van der Waals surface area (Å²) in [6, 6.07) is 7.74. The van der Waals surface area contributed by atoms with Gasteiger partial charge in [-0.05, 0) is 49.6 Å². The molecule has 0 fully saturated rings. The zero-order chi connectivity index (χ0) is 15.0. The summed E-state index contributed by atoms with van der Waals surface area (Å²) in [6.07, 6.45) is 1.48. The van der Waals surface area contributed by atoms with E-state index in [4.69, 9.17) is 4.74 Å². The normalized spacial score (nSPS) is 13.8. The van der Waals surface area contributed by atoms with Gasteiger partial charge in [0.25, 0.3) is 0 Å². The molecule has 0 heterocycles. The lowest BCUT2D eigenvalue weighted by Crippen LogP contribution is -2.34. The predicted octanol–water partition coefficient (Wildman–Crippen LogP) is 3.45. The third-order valence-corrected chi connectivity index (χ3v) is 3.18. The molecule has 0 aliphatic rings. The molecular formula is C17H27NO2. The maximum Gasteiger partial charge on any atom is 0.119 e. The largest absolute Gasteiger partial charge is 0.489 e. The molecule has 0 radical (unpaired) electrons. The minimum atomic E-state index is -0.484. The fourth-order valence-corrected chi connectivity index (χ4v) is 2.01. The van der Waals surface area contributed by atoms with Crippen LogP contribution in [0.25, 0.3) is 0 Å². The average Bonchev–Trinajstić information content (AvgIpc) is 2.46. The van der Waals surface area contributed by atoms with Crippen LogP contribution in [-0.4, -0.2) is 24.3 Å². The molecule has 1 aromatic rings. The number of rotatable bonds is 9. The van der Waals surface area contributed by atoms with E-state index in [0.29, 0.717) is 6.61 Å². The zero-order valence-electron chi connectivity index (χ0n) is 12.9. The summed E-state index contributed by atoms with van der Waals surface area (Å²) < 4.78 is 5.56. The Morgan fingerprint density at radius 3 is 2.45 bits per heavy atom. The second-order valence-corrected chi connectivity index (χ2v) is 5.23. The Labute approximate surface area is 122 Å². The Morgan fingerprint density at radius 2 is 1.95 bits per heavy atom. The number of hydrogen-bond acceptors (Lipinski definition) is 3. The maximum absolute atomic E-state index is 10.4. The van der Waals surface area contributed by atoms with Gasteiger partial charge in [-0.1, -0.05) is 32.6 Å². The minimum absolute atomic E-state index is 0.0946. The lowest BCUT2D eigenvalue weighted by molar-refractivity contribution is 0.126. The molecule has 3 nitrogen and oxygen atoms in total. The van der Waals surface area contributed by atoms with Crippen molar-refractivity contribution in [2.75, 3.05) is 13.2 Å². The smallest absolute Gasteiger partial charge is 0.119 e. The molecule has 0 amide bonds. The number of benzene rings is 1. The van der Waals surface area contributed by atoms with E-state index in [1.54, 1.807) is 0 Å². The molecule has 1 aromatic carbocycles. The second kappa shape index (κ2) is 8.77. The van der Waals surface area contributed by atoms with Gasteiger partial charge in [0.05, 0.1) is 6.10 Å². The van der Waals surface area contributed by atoms with Gasteiger partial charge in [0.15, 0.2) is 0 Å². The van der Waals surface area contributed by atoms with E-state index >= 15 is 0 Å². The predicted molar refractivity (Wildman–Crippen MR) is 84.1 cm³/mol. The maximum atomic E-state index is 10.4. The van der Waals surface area contributed by atoms with Crippen LogP contribution in [0.4, 0.5) is 0 Å². The van der Waals surface area contributed by atoms with Crippen molar-refractivity contribution in [3.05, 3.63) is 42.0 Å². The second-order valence-electron chi connectivity index (χ2n) is 5.23. The molecule has 0 spiro atoms. The highest BCUT2D eigenvalue weighted by atomic mass is 16.5. The van der Waals surface area contributed by atoms with Gasteiger partial charge in [0.2, 0.25) is 0 Å². The number of aliphatic hydroxyl groups excluding tert-OH is 1. The van der Waals surface area contributed by atoms with Gasteiger partial charge in [-0.25, -0.2) is 0 Å². The highest BCUT2D eigenvalue weighted by Crippen LogP contribution is 2.22. The summed E-state index contributed by atoms with van der Waals surface area (Å²) in [5.41, 5.74) is 1.91. The molecule has 0 bridgehead atoms. The van der Waals surface area contributed by atoms with Crippen LogP contribution < -0.4 is 10.1 Å². The van der Waals surface area contributed by atoms with Crippen molar-refractivity contribution in [1.29, 1.82) is 0 Å². The quantitative estimate of drug-likeness (QED) is 0.679. The number of aliphatic hydroxyl groups is 1. The minimum Gasteiger partial charge on any atom is -0.489 e. The summed E-state index contributed by atoms with van der Waals surface area (Å²) in [5, 5.41) is 13.8. The van der Waals surface area contributed by atoms with Gasteiger partial charge in [0, 0.05) is 6.04 Å². The van der Waals surface area contributed by atoms with Crippen molar-refractivity contribution in [1.82, 2.24) is 5.32 Å². The van der Waals surface area contributed by atoms with Crippen molar-refractivity contribution in [3.63, 3.8) is 0 Å². The Bertz CT molecular complexity index is 400. The molecule has 0 aromatic heterocycles. The fourth-order valence-electron chi connectivity index (χ4n) is 2.01. The first-order chi connectivity index (χ1) is 9.58. The van der Waals surface area contributed by atoms with Crippen LogP contribution in [0.2, 0.25) is 0 Å². The summed E-state index contributed by atoms with van der Waals surface area (Å²) in [4.78, 5) is 0. The van der Waals surface area contributed by atoms with E-state index in [1.165, 1.54) is 0 Å². The van der Waals surface area contributed by atoms with Gasteiger partial charge in [-0.3, -0.25) is 0 Å². The van der Waals surface area contributed by atoms with Crippen molar-refractivity contribution in [3.8, 4) is 5.75 Å². The average molecular weight is 277 g/mol. The Morgan fingerprint density at radius 1 is 1.30 bits per heavy atom. The van der Waals surface area contributed by atoms with Crippen LogP contribution in [0.1, 0.15) is 45.3 Å². The van der Waals surface area contributed by atoms with Gasteiger partial charge in [-0.2, -0.15) is 0 Å². The molecule has 0 aliphatic heterocycles. The first-order valence-electron chi connectivity index (χ1n) is 7.37. The molecule has 3 heteroatoms. The van der Waals surface area contributed by atoms with Gasteiger partial charge in [0.1, 0.15) is 12.4 Å². The molecule has 2 unspecified atom stereocenters. The summed E-state index contributed by atoms with van der Waals surface area (Å²) >= 11 is 0. The topological polar surface area (TPSA) is 41.5 Å². The van der Waals surface area contributed by atoms with Crippen molar-refractivity contribution < 1.29 is 9.84 Å². The van der Waals surface area contributed by atoms with Crippen LogP contribution in [-0.2, 0) is 0 Å². The van der Waals surface area contributed by atoms with Crippen LogP contribution in [0.3, 0.4) is 0 Å². The van der Waals surface area contributed by atoms with E-state index in [1.807, 2.05) is 31.2 Å². The summed E-state index contributed by atoms with van der Waals surface area (Å²) in [5.74, 6) is 0.804. The van der Waals surface area contributed by atoms with Gasteiger partial charge >= 0.3 is 0 Å². The zero-order valence-corrected chi connectivity index (χ0v) is 12.9. The molecule has 2 atom stereocenters. The molecule has 1 rings (SSSR count). The summed E-state index contributed by atoms with van der Waals surface area (Å²) in [6.45, 7) is 11.4. The molecule has 2 N–H and O–H groups in total. The lowest BCUT2D eigenvalue weighted by Gasteiger charge is -2.23. The number of nitrogens with one attached hydrogen (secondary N) is 1. The van der Waals surface area contributed by atoms with Crippen molar-refractivity contribution in [2.24, 2.45) is 0 Å². The molecule has 20 heavy (non-hydrogen) atoms. The molecular weight excluding hydrogens is 250 g/mol. The standard InChI is InChI=1S/C17H27NO2/c1-5-11-18-16(6-2)17(19)14-7-9-15(10-8-14)20-12-13(3)4/h7-10,16-19H,3,5-6,11-12H2,1-2,4H3. The van der Waals surface area contributed by atoms with E-state index in [9.17, 15) is 5.11 Å². The van der Waals surface area contributed by atoms with E-state index in [2.05, 4.69) is 25.7 Å². The third kappa shape index (κ3) is 5.35. The third-order valence-electron chi connectivity index (χ3n) is 3.18. The molecule has 0 aliphatic carbocycles. The Kier molecular flexibility index (Phi) is 7.34. The highest BCUT2D eigenvalue weighted by Gasteiger charge is 2.18. The monoisotopic (exact) mass is 277 g/mol. The van der Waals surface area contributed by atoms with Crippen LogP contribution in [0, 0.1) is 0 Å². The van der Waals surface area contributed by atoms with E-state index < -0.39 is 6.10 Å². The Balaban J connectivity index is 2.63. The number of ether oxygens (including phenoxy) is 1. The molecule has 0 saturated heterocycles. The Hall–Kier alpha value is -1.32. The van der Waals surface area contributed by atoms with E-state index in [0.717, 1.165) is 36.3 Å². The fraction of sp³-hybridized carbons (Fsp3) is 0.529. The molecule has 0 saturated carbocycles. The molecule has 112 valence electrons. The van der Waals surface area contributed by atoms with Gasteiger partial charge in [-0.15, -0.1) is 0 Å². The van der Waals surface area contributed by atoms with Crippen molar-refractivity contribution >= 4 is 0 Å². The first-order valence-corrected chi connectivity index (χ1v) is 7.37. The van der Waals surface area contributed by atoms with Crippen molar-refractivity contribution in [2.45, 2.75) is 45.8 Å². The number of hydrogen-bond donors (Lipinski definition) is 2. The van der Waals surface area contributed by atoms with E-state index in [-0.39, 0.29) is 6.04 Å².